The first kappa shape index (κ1) is 20.8. The standard InChI is InChI=1S/C17H24N4O3.ClH/c1-18-16(13-9-19-21(3)11-13)17(22)20(2)10-12-6-7-14(23-4)8-15(12)24-5;/h6-9,11,16,18H,10H2,1-5H3;1H. The smallest absolute Gasteiger partial charge is 0.244 e. The number of amides is 1. The van der Waals surface area contributed by atoms with Crippen LogP contribution in [0, 0.1) is 0 Å². The third-order valence-electron chi connectivity index (χ3n) is 3.87. The Kier molecular flexibility index (Phi) is 7.73. The van der Waals surface area contributed by atoms with Crippen LogP contribution in [0.25, 0.3) is 0 Å². The lowest BCUT2D eigenvalue weighted by Gasteiger charge is -2.24. The fourth-order valence-electron chi connectivity index (χ4n) is 2.56. The van der Waals surface area contributed by atoms with Gasteiger partial charge in [-0.3, -0.25) is 9.48 Å². The number of halogens is 1. The Balaban J connectivity index is 0.00000312. The van der Waals surface area contributed by atoms with E-state index in [1.165, 1.54) is 0 Å². The number of benzene rings is 1. The second-order valence-corrected chi connectivity index (χ2v) is 5.54. The second kappa shape index (κ2) is 9.29. The SMILES string of the molecule is CNC(C(=O)N(C)Cc1ccc(OC)cc1OC)c1cnn(C)c1.Cl. The molecule has 1 heterocycles. The lowest BCUT2D eigenvalue weighted by Crippen LogP contribution is -2.37. The zero-order valence-corrected chi connectivity index (χ0v) is 16.0. The van der Waals surface area contributed by atoms with Gasteiger partial charge < -0.3 is 19.7 Å². The molecule has 1 atom stereocenters. The maximum atomic E-state index is 12.8. The van der Waals surface area contributed by atoms with E-state index in [2.05, 4.69) is 10.4 Å². The van der Waals surface area contributed by atoms with Crippen molar-refractivity contribution in [3.05, 3.63) is 41.7 Å². The summed E-state index contributed by atoms with van der Waals surface area (Å²) in [5, 5.41) is 7.18. The minimum Gasteiger partial charge on any atom is -0.497 e. The quantitative estimate of drug-likeness (QED) is 0.806. The number of hydrogen-bond donors (Lipinski definition) is 1. The van der Waals surface area contributed by atoms with Crippen LogP contribution >= 0.6 is 12.4 Å². The molecule has 1 aromatic carbocycles. The van der Waals surface area contributed by atoms with E-state index in [1.807, 2.05) is 31.4 Å². The molecule has 138 valence electrons. The zero-order valence-electron chi connectivity index (χ0n) is 15.1. The van der Waals surface area contributed by atoms with Crippen molar-refractivity contribution < 1.29 is 14.3 Å². The zero-order chi connectivity index (χ0) is 17.7. The number of ether oxygens (including phenoxy) is 2. The molecule has 1 N–H and O–H groups in total. The molecule has 0 saturated heterocycles. The average molecular weight is 369 g/mol. The van der Waals surface area contributed by atoms with Gasteiger partial charge in [-0.25, -0.2) is 0 Å². The van der Waals surface area contributed by atoms with Gasteiger partial charge in [0.05, 0.1) is 20.4 Å². The molecular formula is C17H25ClN4O3. The molecule has 0 aliphatic rings. The number of aryl methyl sites for hydroxylation is 1. The molecule has 2 aromatic rings. The summed E-state index contributed by atoms with van der Waals surface area (Å²) in [6.45, 7) is 0.435. The van der Waals surface area contributed by atoms with Gasteiger partial charge in [0.2, 0.25) is 5.91 Å². The normalized spacial score (nSPS) is 11.4. The number of likely N-dealkylation sites (N-methyl/N-ethyl adjacent to an activating group) is 2. The molecule has 2 rings (SSSR count). The van der Waals surface area contributed by atoms with Crippen LogP contribution in [-0.2, 0) is 18.4 Å². The van der Waals surface area contributed by atoms with E-state index in [0.717, 1.165) is 11.1 Å². The molecule has 0 saturated carbocycles. The molecule has 0 radical (unpaired) electrons. The van der Waals surface area contributed by atoms with E-state index in [9.17, 15) is 4.79 Å². The van der Waals surface area contributed by atoms with E-state index in [4.69, 9.17) is 9.47 Å². The van der Waals surface area contributed by atoms with Crippen molar-refractivity contribution >= 4 is 18.3 Å². The van der Waals surface area contributed by atoms with Crippen molar-refractivity contribution in [1.82, 2.24) is 20.0 Å². The van der Waals surface area contributed by atoms with E-state index in [1.54, 1.807) is 44.1 Å². The molecule has 7 nitrogen and oxygen atoms in total. The van der Waals surface area contributed by atoms with Gasteiger partial charge in [0.25, 0.3) is 0 Å². The van der Waals surface area contributed by atoms with Crippen molar-refractivity contribution in [1.29, 1.82) is 0 Å². The Bertz CT molecular complexity index is 705. The van der Waals surface area contributed by atoms with Crippen LogP contribution in [0.2, 0.25) is 0 Å². The van der Waals surface area contributed by atoms with Crippen LogP contribution in [0.4, 0.5) is 0 Å². The average Bonchev–Trinajstić information content (AvgIpc) is 3.01. The number of nitrogens with one attached hydrogen (secondary N) is 1. The van der Waals surface area contributed by atoms with E-state index >= 15 is 0 Å². The third kappa shape index (κ3) is 4.87. The number of nitrogens with zero attached hydrogens (tertiary/aromatic N) is 3. The van der Waals surface area contributed by atoms with E-state index in [0.29, 0.717) is 18.0 Å². The third-order valence-corrected chi connectivity index (χ3v) is 3.87. The van der Waals surface area contributed by atoms with Gasteiger partial charge in [-0.2, -0.15) is 5.10 Å². The number of rotatable bonds is 7. The van der Waals surface area contributed by atoms with Gasteiger partial charge in [-0.1, -0.05) is 0 Å². The highest BCUT2D eigenvalue weighted by atomic mass is 35.5. The molecule has 0 bridgehead atoms. The predicted octanol–water partition coefficient (Wildman–Crippen LogP) is 1.78. The molecule has 0 spiro atoms. The van der Waals surface area contributed by atoms with Crippen LogP contribution in [-0.4, -0.2) is 48.9 Å². The lowest BCUT2D eigenvalue weighted by molar-refractivity contribution is -0.132. The van der Waals surface area contributed by atoms with Crippen LogP contribution in [0.1, 0.15) is 17.2 Å². The minimum absolute atomic E-state index is 0. The summed E-state index contributed by atoms with van der Waals surface area (Å²) in [6.07, 6.45) is 3.53. The maximum Gasteiger partial charge on any atom is 0.244 e. The topological polar surface area (TPSA) is 68.6 Å². The number of carbonyl (C=O) groups is 1. The van der Waals surface area contributed by atoms with Gasteiger partial charge in [-0.15, -0.1) is 12.4 Å². The first-order valence-electron chi connectivity index (χ1n) is 7.61. The predicted molar refractivity (Wildman–Crippen MR) is 98.3 cm³/mol. The summed E-state index contributed by atoms with van der Waals surface area (Å²) < 4.78 is 12.3. The monoisotopic (exact) mass is 368 g/mol. The molecule has 0 aliphatic carbocycles. The Hall–Kier alpha value is -2.25. The van der Waals surface area contributed by atoms with Crippen LogP contribution in [0.3, 0.4) is 0 Å². The highest BCUT2D eigenvalue weighted by molar-refractivity contribution is 5.85. The Labute approximate surface area is 154 Å². The van der Waals surface area contributed by atoms with Crippen LogP contribution in [0.15, 0.2) is 30.6 Å². The Morgan fingerprint density at radius 2 is 2.08 bits per heavy atom. The second-order valence-electron chi connectivity index (χ2n) is 5.54. The maximum absolute atomic E-state index is 12.8. The first-order chi connectivity index (χ1) is 11.5. The first-order valence-corrected chi connectivity index (χ1v) is 7.61. The summed E-state index contributed by atoms with van der Waals surface area (Å²) in [7, 11) is 8.57. The highest BCUT2D eigenvalue weighted by Crippen LogP contribution is 2.26. The molecule has 25 heavy (non-hydrogen) atoms. The van der Waals surface area contributed by atoms with Gasteiger partial charge in [-0.05, 0) is 19.2 Å². The fraction of sp³-hybridized carbons (Fsp3) is 0.412. The molecule has 1 unspecified atom stereocenters. The largest absolute Gasteiger partial charge is 0.497 e. The van der Waals surface area contributed by atoms with E-state index in [-0.39, 0.29) is 18.3 Å². The van der Waals surface area contributed by atoms with Gasteiger partial charge >= 0.3 is 0 Å². The summed E-state index contributed by atoms with van der Waals surface area (Å²) >= 11 is 0. The van der Waals surface area contributed by atoms with Crippen LogP contribution < -0.4 is 14.8 Å². The molecule has 1 aromatic heterocycles. The highest BCUT2D eigenvalue weighted by Gasteiger charge is 2.24. The van der Waals surface area contributed by atoms with Crippen molar-refractivity contribution in [2.45, 2.75) is 12.6 Å². The van der Waals surface area contributed by atoms with E-state index < -0.39 is 6.04 Å². The Morgan fingerprint density at radius 3 is 2.60 bits per heavy atom. The van der Waals surface area contributed by atoms with Gasteiger partial charge in [0.1, 0.15) is 17.5 Å². The summed E-state index contributed by atoms with van der Waals surface area (Å²) in [5.74, 6) is 1.37. The fourth-order valence-corrected chi connectivity index (χ4v) is 2.56. The van der Waals surface area contributed by atoms with Crippen molar-refractivity contribution in [2.75, 3.05) is 28.3 Å². The molecule has 0 fully saturated rings. The Morgan fingerprint density at radius 1 is 1.36 bits per heavy atom. The van der Waals surface area contributed by atoms with Gasteiger partial charge in [0, 0.05) is 44.0 Å². The summed E-state index contributed by atoms with van der Waals surface area (Å²) in [4.78, 5) is 14.4. The molecular weight excluding hydrogens is 344 g/mol. The molecule has 8 heteroatoms. The number of hydrogen-bond acceptors (Lipinski definition) is 5. The number of methoxy groups -OCH3 is 2. The van der Waals surface area contributed by atoms with Crippen molar-refractivity contribution in [2.24, 2.45) is 7.05 Å². The summed E-state index contributed by atoms with van der Waals surface area (Å²) in [5.41, 5.74) is 1.74. The number of aromatic nitrogens is 2. The summed E-state index contributed by atoms with van der Waals surface area (Å²) in [6, 6.07) is 5.13. The van der Waals surface area contributed by atoms with Gasteiger partial charge in [0.15, 0.2) is 0 Å². The minimum atomic E-state index is -0.437. The number of carbonyl (C=O) groups excluding carboxylic acids is 1. The lowest BCUT2D eigenvalue weighted by atomic mass is 10.1. The van der Waals surface area contributed by atoms with Crippen molar-refractivity contribution in [3.63, 3.8) is 0 Å². The van der Waals surface area contributed by atoms with Crippen LogP contribution in [0.5, 0.6) is 11.5 Å². The van der Waals surface area contributed by atoms with Crippen molar-refractivity contribution in [3.8, 4) is 11.5 Å². The molecule has 1 amide bonds. The molecule has 0 aliphatic heterocycles.